The molecule has 0 fully saturated rings. The van der Waals surface area contributed by atoms with E-state index in [2.05, 4.69) is 73.7 Å². The summed E-state index contributed by atoms with van der Waals surface area (Å²) >= 11 is 3.64. The van der Waals surface area contributed by atoms with Crippen molar-refractivity contribution in [2.75, 3.05) is 0 Å². The van der Waals surface area contributed by atoms with Crippen LogP contribution in [-0.4, -0.2) is 0 Å². The summed E-state index contributed by atoms with van der Waals surface area (Å²) in [5.41, 5.74) is 2.64. The van der Waals surface area contributed by atoms with Crippen molar-refractivity contribution in [2.24, 2.45) is 5.92 Å². The van der Waals surface area contributed by atoms with E-state index < -0.39 is 0 Å². The Morgan fingerprint density at radius 1 is 1.31 bits per heavy atom. The van der Waals surface area contributed by atoms with Gasteiger partial charge in [0.1, 0.15) is 0 Å². The van der Waals surface area contributed by atoms with Crippen molar-refractivity contribution in [3.8, 4) is 11.8 Å². The van der Waals surface area contributed by atoms with Gasteiger partial charge in [-0.15, -0.1) is 5.92 Å². The molecule has 2 unspecified atom stereocenters. The van der Waals surface area contributed by atoms with Crippen LogP contribution in [0.5, 0.6) is 0 Å². The summed E-state index contributed by atoms with van der Waals surface area (Å²) in [5.74, 6) is 7.33. The summed E-state index contributed by atoms with van der Waals surface area (Å²) in [6.45, 7) is 8.63. The monoisotopic (exact) mass is 278 g/mol. The van der Waals surface area contributed by atoms with Crippen LogP contribution in [0, 0.1) is 24.7 Å². The molecule has 0 nitrogen and oxygen atoms in total. The van der Waals surface area contributed by atoms with Gasteiger partial charge in [0.2, 0.25) is 0 Å². The highest BCUT2D eigenvalue weighted by Crippen LogP contribution is 2.30. The molecule has 16 heavy (non-hydrogen) atoms. The van der Waals surface area contributed by atoms with Crippen LogP contribution in [0.15, 0.2) is 22.7 Å². The fraction of sp³-hybridized carbons (Fsp3) is 0.467. The smallest absolute Gasteiger partial charge is 0.0240 e. The number of hydrogen-bond donors (Lipinski definition) is 0. The minimum absolute atomic E-state index is 0.402. The van der Waals surface area contributed by atoms with Gasteiger partial charge < -0.3 is 0 Å². The minimum Gasteiger partial charge on any atom is -0.103 e. The summed E-state index contributed by atoms with van der Waals surface area (Å²) in [6, 6.07) is 6.54. The Hall–Kier alpha value is -0.740. The summed E-state index contributed by atoms with van der Waals surface area (Å²) in [4.78, 5) is 0. The Bertz CT molecular complexity index is 409. The van der Waals surface area contributed by atoms with Gasteiger partial charge >= 0.3 is 0 Å². The van der Waals surface area contributed by atoms with Crippen LogP contribution >= 0.6 is 15.9 Å². The van der Waals surface area contributed by atoms with Crippen molar-refractivity contribution in [3.63, 3.8) is 0 Å². The lowest BCUT2D eigenvalue weighted by molar-refractivity contribution is 0.607. The molecule has 0 amide bonds. The van der Waals surface area contributed by atoms with Crippen LogP contribution in [0.3, 0.4) is 0 Å². The van der Waals surface area contributed by atoms with Crippen molar-refractivity contribution in [1.82, 2.24) is 0 Å². The zero-order valence-electron chi connectivity index (χ0n) is 10.5. The average molecular weight is 279 g/mol. The van der Waals surface area contributed by atoms with Gasteiger partial charge in [-0.2, -0.15) is 0 Å². The number of hydrogen-bond acceptors (Lipinski definition) is 0. The van der Waals surface area contributed by atoms with Crippen molar-refractivity contribution in [3.05, 3.63) is 33.8 Å². The number of halogens is 1. The maximum atomic E-state index is 3.64. The molecule has 0 aliphatic carbocycles. The van der Waals surface area contributed by atoms with Crippen LogP contribution in [0.2, 0.25) is 0 Å². The number of aryl methyl sites for hydroxylation is 1. The molecule has 0 saturated carbocycles. The summed E-state index contributed by atoms with van der Waals surface area (Å²) in [7, 11) is 0. The van der Waals surface area contributed by atoms with Crippen LogP contribution in [-0.2, 0) is 0 Å². The molecular weight excluding hydrogens is 260 g/mol. The van der Waals surface area contributed by atoms with Crippen molar-refractivity contribution in [1.29, 1.82) is 0 Å². The van der Waals surface area contributed by atoms with E-state index in [9.17, 15) is 0 Å². The van der Waals surface area contributed by atoms with Gasteiger partial charge in [0, 0.05) is 16.8 Å². The van der Waals surface area contributed by atoms with E-state index in [0.29, 0.717) is 11.8 Å². The van der Waals surface area contributed by atoms with Crippen molar-refractivity contribution < 1.29 is 0 Å². The second kappa shape index (κ2) is 6.11. The molecule has 0 bridgehead atoms. The number of benzene rings is 1. The van der Waals surface area contributed by atoms with Gasteiger partial charge in [-0.1, -0.05) is 54.8 Å². The SMILES string of the molecule is CCC#CC(C)C(C)c1ccc(C)cc1Br. The van der Waals surface area contributed by atoms with Crippen LogP contribution in [0.25, 0.3) is 0 Å². The molecule has 0 aliphatic heterocycles. The third-order valence-electron chi connectivity index (χ3n) is 2.90. The quantitative estimate of drug-likeness (QED) is 0.675. The van der Waals surface area contributed by atoms with E-state index in [1.54, 1.807) is 0 Å². The second-order valence-corrected chi connectivity index (χ2v) is 5.13. The summed E-state index contributed by atoms with van der Waals surface area (Å²) < 4.78 is 1.20. The van der Waals surface area contributed by atoms with Gasteiger partial charge in [0.15, 0.2) is 0 Å². The highest BCUT2D eigenvalue weighted by atomic mass is 79.9. The van der Waals surface area contributed by atoms with E-state index in [1.165, 1.54) is 15.6 Å². The number of rotatable bonds is 2. The molecule has 1 rings (SSSR count). The lowest BCUT2D eigenvalue weighted by Gasteiger charge is -2.17. The van der Waals surface area contributed by atoms with Gasteiger partial charge in [-0.3, -0.25) is 0 Å². The van der Waals surface area contributed by atoms with Crippen molar-refractivity contribution in [2.45, 2.75) is 40.0 Å². The van der Waals surface area contributed by atoms with Crippen molar-refractivity contribution >= 4 is 15.9 Å². The first-order chi connectivity index (χ1) is 7.56. The van der Waals surface area contributed by atoms with Crippen LogP contribution < -0.4 is 0 Å². The van der Waals surface area contributed by atoms with E-state index in [4.69, 9.17) is 0 Å². The molecule has 1 heteroatoms. The first-order valence-electron chi connectivity index (χ1n) is 5.80. The predicted molar refractivity (Wildman–Crippen MR) is 74.5 cm³/mol. The first-order valence-corrected chi connectivity index (χ1v) is 6.60. The largest absolute Gasteiger partial charge is 0.103 e. The molecule has 2 atom stereocenters. The van der Waals surface area contributed by atoms with Gasteiger partial charge in [-0.25, -0.2) is 0 Å². The molecule has 0 aromatic heterocycles. The van der Waals surface area contributed by atoms with E-state index in [1.807, 2.05) is 0 Å². The third-order valence-corrected chi connectivity index (χ3v) is 3.59. The van der Waals surface area contributed by atoms with Gasteiger partial charge in [0.25, 0.3) is 0 Å². The zero-order valence-corrected chi connectivity index (χ0v) is 12.1. The Morgan fingerprint density at radius 3 is 2.56 bits per heavy atom. The fourth-order valence-corrected chi connectivity index (χ4v) is 2.51. The topological polar surface area (TPSA) is 0 Å². The highest BCUT2D eigenvalue weighted by Gasteiger charge is 2.14. The van der Waals surface area contributed by atoms with E-state index in [-0.39, 0.29) is 0 Å². The molecule has 0 saturated heterocycles. The molecule has 0 spiro atoms. The van der Waals surface area contributed by atoms with Crippen LogP contribution in [0.4, 0.5) is 0 Å². The van der Waals surface area contributed by atoms with E-state index in [0.717, 1.165) is 6.42 Å². The molecular formula is C15H19Br. The minimum atomic E-state index is 0.402. The molecule has 1 aromatic rings. The molecule has 1 aromatic carbocycles. The summed E-state index contributed by atoms with van der Waals surface area (Å²) in [5, 5.41) is 0. The zero-order chi connectivity index (χ0) is 12.1. The van der Waals surface area contributed by atoms with E-state index >= 15 is 0 Å². The van der Waals surface area contributed by atoms with Crippen LogP contribution in [0.1, 0.15) is 44.2 Å². The highest BCUT2D eigenvalue weighted by molar-refractivity contribution is 9.10. The maximum absolute atomic E-state index is 3.64. The Labute approximate surface area is 108 Å². The standard InChI is InChI=1S/C15H19Br/c1-5-6-7-12(3)13(4)14-9-8-11(2)10-15(14)16/h8-10,12-13H,5H2,1-4H3. The molecule has 0 heterocycles. The Kier molecular flexibility index (Phi) is 5.09. The second-order valence-electron chi connectivity index (χ2n) is 4.28. The predicted octanol–water partition coefficient (Wildman–Crippen LogP) is 4.91. The Balaban J connectivity index is 2.91. The third kappa shape index (κ3) is 3.39. The lowest BCUT2D eigenvalue weighted by atomic mass is 9.89. The molecule has 0 radical (unpaired) electrons. The summed E-state index contributed by atoms with van der Waals surface area (Å²) in [6.07, 6.45) is 0.937. The Morgan fingerprint density at radius 2 is 2.00 bits per heavy atom. The first kappa shape index (κ1) is 13.3. The fourth-order valence-electron chi connectivity index (χ4n) is 1.66. The average Bonchev–Trinajstić information content (AvgIpc) is 2.25. The molecule has 0 N–H and O–H groups in total. The van der Waals surface area contributed by atoms with Gasteiger partial charge in [0.05, 0.1) is 0 Å². The normalized spacial score (nSPS) is 13.8. The molecule has 0 aliphatic rings. The lowest BCUT2D eigenvalue weighted by Crippen LogP contribution is -2.05. The molecule has 86 valence electrons. The maximum Gasteiger partial charge on any atom is 0.0240 e. The van der Waals surface area contributed by atoms with Gasteiger partial charge in [-0.05, 0) is 30.0 Å².